The summed E-state index contributed by atoms with van der Waals surface area (Å²) >= 11 is 0. The summed E-state index contributed by atoms with van der Waals surface area (Å²) in [4.78, 5) is 36.4. The van der Waals surface area contributed by atoms with Gasteiger partial charge >= 0.3 is 5.69 Å². The van der Waals surface area contributed by atoms with Crippen molar-refractivity contribution in [1.82, 2.24) is 9.13 Å². The number of nitrogens with one attached hydrogen (secondary N) is 1. The van der Waals surface area contributed by atoms with Crippen molar-refractivity contribution in [3.63, 3.8) is 0 Å². The molecule has 0 saturated carbocycles. The van der Waals surface area contributed by atoms with Crippen LogP contribution in [-0.2, 0) is 18.9 Å². The molecule has 1 N–H and O–H groups in total. The van der Waals surface area contributed by atoms with Gasteiger partial charge in [0, 0.05) is 26.4 Å². The predicted molar refractivity (Wildman–Crippen MR) is 78.4 cm³/mol. The van der Waals surface area contributed by atoms with Crippen LogP contribution in [0.15, 0.2) is 33.9 Å². The fourth-order valence-electron chi connectivity index (χ4n) is 2.79. The van der Waals surface area contributed by atoms with E-state index < -0.39 is 23.0 Å². The Kier molecular flexibility index (Phi) is 3.20. The summed E-state index contributed by atoms with van der Waals surface area (Å²) in [5, 5.41) is 2.58. The van der Waals surface area contributed by atoms with Crippen LogP contribution in [0.25, 0.3) is 0 Å². The second-order valence-electron chi connectivity index (χ2n) is 5.32. The molecule has 0 radical (unpaired) electrons. The monoisotopic (exact) mass is 303 g/mol. The van der Waals surface area contributed by atoms with Gasteiger partial charge in [-0.25, -0.2) is 9.18 Å². The number of halogens is 1. The quantitative estimate of drug-likeness (QED) is 0.842. The van der Waals surface area contributed by atoms with E-state index in [0.29, 0.717) is 11.1 Å². The van der Waals surface area contributed by atoms with Crippen LogP contribution in [0.3, 0.4) is 0 Å². The Labute approximate surface area is 124 Å². The summed E-state index contributed by atoms with van der Waals surface area (Å²) in [6, 6.07) is 5.67. The maximum atomic E-state index is 13.1. The van der Waals surface area contributed by atoms with E-state index in [1.165, 1.54) is 30.8 Å². The Bertz CT molecular complexity index is 881. The maximum Gasteiger partial charge on any atom is 0.332 e. The highest BCUT2D eigenvalue weighted by Gasteiger charge is 2.32. The predicted octanol–water partition coefficient (Wildman–Crippen LogP) is 0.697. The van der Waals surface area contributed by atoms with Gasteiger partial charge in [-0.2, -0.15) is 0 Å². The Morgan fingerprint density at radius 3 is 2.36 bits per heavy atom. The van der Waals surface area contributed by atoms with E-state index in [9.17, 15) is 18.8 Å². The zero-order valence-corrected chi connectivity index (χ0v) is 12.1. The van der Waals surface area contributed by atoms with Crippen LogP contribution in [-0.4, -0.2) is 15.0 Å². The van der Waals surface area contributed by atoms with E-state index in [1.54, 1.807) is 12.1 Å². The van der Waals surface area contributed by atoms with Crippen molar-refractivity contribution in [2.24, 2.45) is 14.1 Å². The third kappa shape index (κ3) is 2.05. The van der Waals surface area contributed by atoms with Gasteiger partial charge < -0.3 is 5.32 Å². The summed E-state index contributed by atoms with van der Waals surface area (Å²) in [5.74, 6) is -0.976. The third-order valence-electron chi connectivity index (χ3n) is 3.97. The number of benzene rings is 1. The number of hydrogen-bond acceptors (Lipinski definition) is 3. The van der Waals surface area contributed by atoms with Crippen molar-refractivity contribution < 1.29 is 9.18 Å². The number of amides is 1. The molecule has 0 bridgehead atoms. The van der Waals surface area contributed by atoms with Crippen molar-refractivity contribution in [1.29, 1.82) is 0 Å². The Balaban J connectivity index is 2.30. The number of carbonyl (C=O) groups is 1. The molecule has 1 atom stereocenters. The standard InChI is InChI=1S/C15H14FN3O3/c1-18-13-12(14(21)19(2)15(18)22)10(7-11(20)17-13)8-3-5-9(16)6-4-8/h3-6,10H,7H2,1-2H3,(H,17,20). The number of anilines is 1. The van der Waals surface area contributed by atoms with E-state index in [2.05, 4.69) is 5.32 Å². The molecule has 1 aromatic heterocycles. The molecule has 1 aromatic carbocycles. The Morgan fingerprint density at radius 1 is 1.09 bits per heavy atom. The van der Waals surface area contributed by atoms with Gasteiger partial charge in [-0.1, -0.05) is 12.1 Å². The van der Waals surface area contributed by atoms with Crippen molar-refractivity contribution in [2.45, 2.75) is 12.3 Å². The van der Waals surface area contributed by atoms with Crippen molar-refractivity contribution in [3.8, 4) is 0 Å². The summed E-state index contributed by atoms with van der Waals surface area (Å²) in [7, 11) is 2.89. The highest BCUT2D eigenvalue weighted by Crippen LogP contribution is 2.33. The van der Waals surface area contributed by atoms with E-state index in [1.807, 2.05) is 0 Å². The zero-order chi connectivity index (χ0) is 16.0. The van der Waals surface area contributed by atoms with Gasteiger partial charge in [-0.15, -0.1) is 0 Å². The molecule has 1 unspecified atom stereocenters. The van der Waals surface area contributed by atoms with Gasteiger partial charge in [0.25, 0.3) is 5.56 Å². The van der Waals surface area contributed by atoms with Crippen molar-refractivity contribution in [2.75, 3.05) is 5.32 Å². The minimum atomic E-state index is -0.510. The summed E-state index contributed by atoms with van der Waals surface area (Å²) in [6.45, 7) is 0. The molecular formula is C15H14FN3O3. The minimum Gasteiger partial charge on any atom is -0.312 e. The lowest BCUT2D eigenvalue weighted by atomic mass is 9.86. The second kappa shape index (κ2) is 4.94. The maximum absolute atomic E-state index is 13.1. The van der Waals surface area contributed by atoms with Crippen molar-refractivity contribution >= 4 is 11.7 Å². The minimum absolute atomic E-state index is 0.0755. The molecule has 0 aliphatic carbocycles. The van der Waals surface area contributed by atoms with E-state index >= 15 is 0 Å². The molecule has 2 aromatic rings. The van der Waals surface area contributed by atoms with E-state index in [4.69, 9.17) is 0 Å². The van der Waals surface area contributed by atoms with Gasteiger partial charge in [0.2, 0.25) is 5.91 Å². The van der Waals surface area contributed by atoms with Crippen LogP contribution in [0.2, 0.25) is 0 Å². The lowest BCUT2D eigenvalue weighted by Crippen LogP contribution is -2.44. The lowest BCUT2D eigenvalue weighted by Gasteiger charge is -2.27. The molecule has 0 fully saturated rings. The molecule has 1 amide bonds. The second-order valence-corrected chi connectivity index (χ2v) is 5.32. The third-order valence-corrected chi connectivity index (χ3v) is 3.97. The molecule has 0 saturated heterocycles. The van der Waals surface area contributed by atoms with Crippen LogP contribution in [0.4, 0.5) is 10.2 Å². The van der Waals surface area contributed by atoms with Gasteiger partial charge in [-0.3, -0.25) is 18.7 Å². The summed E-state index contributed by atoms with van der Waals surface area (Å²) in [5.41, 5.74) is 0.0419. The zero-order valence-electron chi connectivity index (χ0n) is 12.1. The average molecular weight is 303 g/mol. The fraction of sp³-hybridized carbons (Fsp3) is 0.267. The molecule has 114 valence electrons. The van der Waals surface area contributed by atoms with Gasteiger partial charge in [0.05, 0.1) is 5.56 Å². The Morgan fingerprint density at radius 2 is 1.73 bits per heavy atom. The molecule has 2 heterocycles. The first kappa shape index (κ1) is 14.2. The van der Waals surface area contributed by atoms with Crippen LogP contribution < -0.4 is 16.6 Å². The van der Waals surface area contributed by atoms with Crippen LogP contribution in [0.5, 0.6) is 0 Å². The molecule has 22 heavy (non-hydrogen) atoms. The Hall–Kier alpha value is -2.70. The highest BCUT2D eigenvalue weighted by molar-refractivity contribution is 5.94. The van der Waals surface area contributed by atoms with Gasteiger partial charge in [0.1, 0.15) is 11.6 Å². The topological polar surface area (TPSA) is 73.1 Å². The first-order chi connectivity index (χ1) is 10.4. The number of rotatable bonds is 1. The van der Waals surface area contributed by atoms with Crippen LogP contribution in [0, 0.1) is 5.82 Å². The SMILES string of the molecule is Cn1c2c(c(=O)n(C)c1=O)C(c1ccc(F)cc1)CC(=O)N2. The number of nitrogens with zero attached hydrogens (tertiary/aromatic N) is 2. The smallest absolute Gasteiger partial charge is 0.312 e. The van der Waals surface area contributed by atoms with Crippen molar-refractivity contribution in [3.05, 3.63) is 62.0 Å². The number of carbonyl (C=O) groups excluding carboxylic acids is 1. The molecule has 0 spiro atoms. The number of fused-ring (bicyclic) bond motifs is 1. The molecular weight excluding hydrogens is 289 g/mol. The largest absolute Gasteiger partial charge is 0.332 e. The summed E-state index contributed by atoms with van der Waals surface area (Å²) < 4.78 is 15.3. The van der Waals surface area contributed by atoms with Gasteiger partial charge in [-0.05, 0) is 17.7 Å². The molecule has 3 rings (SSSR count). The first-order valence-electron chi connectivity index (χ1n) is 6.75. The lowest BCUT2D eigenvalue weighted by molar-refractivity contribution is -0.116. The summed E-state index contributed by atoms with van der Waals surface area (Å²) in [6.07, 6.45) is 0.0755. The number of hydrogen-bond donors (Lipinski definition) is 1. The average Bonchev–Trinajstić information content (AvgIpc) is 2.50. The van der Waals surface area contributed by atoms with E-state index in [-0.39, 0.29) is 18.1 Å². The first-order valence-corrected chi connectivity index (χ1v) is 6.75. The van der Waals surface area contributed by atoms with Crippen LogP contribution in [0.1, 0.15) is 23.5 Å². The highest BCUT2D eigenvalue weighted by atomic mass is 19.1. The van der Waals surface area contributed by atoms with E-state index in [0.717, 1.165) is 4.57 Å². The fourth-order valence-corrected chi connectivity index (χ4v) is 2.79. The molecule has 7 heteroatoms. The molecule has 6 nitrogen and oxygen atoms in total. The van der Waals surface area contributed by atoms with Crippen LogP contribution >= 0.6 is 0 Å². The normalized spacial score (nSPS) is 17.0. The van der Waals surface area contributed by atoms with Gasteiger partial charge in [0.15, 0.2) is 0 Å². The molecule has 1 aliphatic heterocycles. The molecule has 1 aliphatic rings. The number of aromatic nitrogens is 2.